The van der Waals surface area contributed by atoms with Crippen molar-refractivity contribution in [3.63, 3.8) is 0 Å². The van der Waals surface area contributed by atoms with E-state index in [0.717, 1.165) is 15.6 Å². The normalized spacial score (nSPS) is 12.4. The highest BCUT2D eigenvalue weighted by atomic mass is 79.9. The van der Waals surface area contributed by atoms with Crippen LogP contribution in [0.4, 0.5) is 4.39 Å². The molecule has 0 saturated heterocycles. The highest BCUT2D eigenvalue weighted by Gasteiger charge is 2.13. The summed E-state index contributed by atoms with van der Waals surface area (Å²) in [5.41, 5.74) is 7.80. The van der Waals surface area contributed by atoms with E-state index in [-0.39, 0.29) is 11.9 Å². The van der Waals surface area contributed by atoms with Crippen LogP contribution in [0, 0.1) is 5.82 Å². The molecule has 5 heteroatoms. The van der Waals surface area contributed by atoms with E-state index in [1.165, 1.54) is 12.1 Å². The van der Waals surface area contributed by atoms with Gasteiger partial charge in [0.05, 0.1) is 0 Å². The zero-order valence-electron chi connectivity index (χ0n) is 10.5. The summed E-state index contributed by atoms with van der Waals surface area (Å²) in [4.78, 5) is 0. The van der Waals surface area contributed by atoms with Gasteiger partial charge >= 0.3 is 0 Å². The molecule has 0 aliphatic heterocycles. The third-order valence-electron chi connectivity index (χ3n) is 3.02. The van der Waals surface area contributed by atoms with Gasteiger partial charge in [-0.15, -0.1) is 0 Å². The molecule has 0 aliphatic rings. The molecule has 2 rings (SSSR count). The molecule has 0 aromatic heterocycles. The largest absolute Gasteiger partial charge is 0.327 e. The topological polar surface area (TPSA) is 26.0 Å². The zero-order chi connectivity index (χ0) is 14.7. The SMILES string of the molecule is NC(Cc1cc(F)ccc1Br)Cc1c(Cl)cccc1Cl. The van der Waals surface area contributed by atoms with E-state index >= 15 is 0 Å². The molecule has 1 atom stereocenters. The quantitative estimate of drug-likeness (QED) is 0.797. The third kappa shape index (κ3) is 3.95. The van der Waals surface area contributed by atoms with Crippen molar-refractivity contribution in [3.05, 3.63) is 67.9 Å². The van der Waals surface area contributed by atoms with Crippen LogP contribution < -0.4 is 5.73 Å². The number of nitrogens with two attached hydrogens (primary N) is 1. The Morgan fingerprint density at radius 2 is 1.75 bits per heavy atom. The van der Waals surface area contributed by atoms with E-state index in [9.17, 15) is 4.39 Å². The van der Waals surface area contributed by atoms with Gasteiger partial charge in [-0.05, 0) is 54.3 Å². The third-order valence-corrected chi connectivity index (χ3v) is 4.50. The molecule has 0 amide bonds. The van der Waals surface area contributed by atoms with Gasteiger partial charge in [-0.2, -0.15) is 0 Å². The Bertz CT molecular complexity index is 599. The van der Waals surface area contributed by atoms with Crippen molar-refractivity contribution < 1.29 is 4.39 Å². The van der Waals surface area contributed by atoms with Gasteiger partial charge in [-0.1, -0.05) is 45.2 Å². The van der Waals surface area contributed by atoms with Crippen LogP contribution in [0.2, 0.25) is 10.0 Å². The smallest absolute Gasteiger partial charge is 0.123 e. The average Bonchev–Trinajstić information content (AvgIpc) is 2.38. The lowest BCUT2D eigenvalue weighted by molar-refractivity contribution is 0.617. The first-order valence-corrected chi connectivity index (χ1v) is 7.64. The molecule has 0 saturated carbocycles. The van der Waals surface area contributed by atoms with Crippen molar-refractivity contribution in [2.24, 2.45) is 5.73 Å². The van der Waals surface area contributed by atoms with Gasteiger partial charge in [0, 0.05) is 20.6 Å². The Balaban J connectivity index is 2.13. The van der Waals surface area contributed by atoms with Crippen molar-refractivity contribution in [2.75, 3.05) is 0 Å². The predicted molar refractivity (Wildman–Crippen MR) is 85.9 cm³/mol. The lowest BCUT2D eigenvalue weighted by atomic mass is 9.99. The maximum absolute atomic E-state index is 13.2. The van der Waals surface area contributed by atoms with Crippen LogP contribution in [0.15, 0.2) is 40.9 Å². The molecular weight excluding hydrogens is 364 g/mol. The number of halogens is 4. The summed E-state index contributed by atoms with van der Waals surface area (Å²) in [5, 5.41) is 1.21. The first kappa shape index (κ1) is 15.8. The van der Waals surface area contributed by atoms with Crippen LogP contribution in [0.3, 0.4) is 0 Å². The Morgan fingerprint density at radius 1 is 1.10 bits per heavy atom. The van der Waals surface area contributed by atoms with E-state index in [1.807, 2.05) is 0 Å². The number of rotatable bonds is 4. The van der Waals surface area contributed by atoms with Crippen molar-refractivity contribution in [2.45, 2.75) is 18.9 Å². The summed E-state index contributed by atoms with van der Waals surface area (Å²) in [6.45, 7) is 0. The van der Waals surface area contributed by atoms with Crippen molar-refractivity contribution in [1.82, 2.24) is 0 Å². The molecule has 2 aromatic carbocycles. The summed E-state index contributed by atoms with van der Waals surface area (Å²) in [6, 6.07) is 9.75. The molecule has 0 heterocycles. The predicted octanol–water partition coefficient (Wildman–Crippen LogP) is 5.01. The Labute approximate surface area is 136 Å². The fraction of sp³-hybridized carbons (Fsp3) is 0.200. The van der Waals surface area contributed by atoms with Gasteiger partial charge in [0.2, 0.25) is 0 Å². The second-order valence-corrected chi connectivity index (χ2v) is 6.27. The molecule has 0 aliphatic carbocycles. The molecule has 20 heavy (non-hydrogen) atoms. The average molecular weight is 377 g/mol. The standard InChI is InChI=1S/C15H13BrCl2FN/c16-13-5-4-10(19)6-9(13)7-11(20)8-12-14(17)2-1-3-15(12)18/h1-6,11H,7-8,20H2. The molecular formula is C15H13BrCl2FN. The van der Waals surface area contributed by atoms with Crippen LogP contribution in [0.25, 0.3) is 0 Å². The van der Waals surface area contributed by atoms with Gasteiger partial charge < -0.3 is 5.73 Å². The van der Waals surface area contributed by atoms with Crippen molar-refractivity contribution >= 4 is 39.1 Å². The minimum absolute atomic E-state index is 0.189. The molecule has 2 N–H and O–H groups in total. The molecule has 2 aromatic rings. The zero-order valence-corrected chi connectivity index (χ0v) is 13.6. The van der Waals surface area contributed by atoms with Gasteiger partial charge in [0.25, 0.3) is 0 Å². The van der Waals surface area contributed by atoms with E-state index in [1.54, 1.807) is 24.3 Å². The summed E-state index contributed by atoms with van der Waals surface area (Å²) < 4.78 is 14.1. The Hall–Kier alpha value is -0.610. The number of hydrogen-bond donors (Lipinski definition) is 1. The fourth-order valence-corrected chi connectivity index (χ4v) is 3.00. The molecule has 106 valence electrons. The van der Waals surface area contributed by atoms with Crippen LogP contribution in [-0.2, 0) is 12.8 Å². The van der Waals surface area contributed by atoms with Gasteiger partial charge in [0.1, 0.15) is 5.82 Å². The fourth-order valence-electron chi connectivity index (χ4n) is 2.04. The monoisotopic (exact) mass is 375 g/mol. The Kier molecular flexibility index (Phi) is 5.44. The van der Waals surface area contributed by atoms with E-state index < -0.39 is 0 Å². The molecule has 0 fully saturated rings. The lowest BCUT2D eigenvalue weighted by Crippen LogP contribution is -2.26. The highest BCUT2D eigenvalue weighted by molar-refractivity contribution is 9.10. The first-order chi connectivity index (χ1) is 9.47. The summed E-state index contributed by atoms with van der Waals surface area (Å²) in [6.07, 6.45) is 1.08. The summed E-state index contributed by atoms with van der Waals surface area (Å²) in [5.74, 6) is -0.272. The van der Waals surface area contributed by atoms with Gasteiger partial charge in [-0.25, -0.2) is 4.39 Å². The Morgan fingerprint density at radius 3 is 2.40 bits per heavy atom. The van der Waals surface area contributed by atoms with E-state index in [4.69, 9.17) is 28.9 Å². The number of benzene rings is 2. The molecule has 0 spiro atoms. The van der Waals surface area contributed by atoms with Crippen LogP contribution in [0.1, 0.15) is 11.1 Å². The minimum Gasteiger partial charge on any atom is -0.327 e. The number of hydrogen-bond acceptors (Lipinski definition) is 1. The van der Waals surface area contributed by atoms with Gasteiger partial charge in [-0.3, -0.25) is 0 Å². The second kappa shape index (κ2) is 6.90. The van der Waals surface area contributed by atoms with Crippen molar-refractivity contribution in [1.29, 1.82) is 0 Å². The van der Waals surface area contributed by atoms with E-state index in [2.05, 4.69) is 15.9 Å². The maximum Gasteiger partial charge on any atom is 0.123 e. The molecule has 1 nitrogen and oxygen atoms in total. The first-order valence-electron chi connectivity index (χ1n) is 6.09. The molecule has 1 unspecified atom stereocenters. The van der Waals surface area contributed by atoms with Crippen LogP contribution in [-0.4, -0.2) is 6.04 Å². The van der Waals surface area contributed by atoms with Crippen molar-refractivity contribution in [3.8, 4) is 0 Å². The second-order valence-electron chi connectivity index (χ2n) is 4.60. The molecule has 0 radical (unpaired) electrons. The minimum atomic E-state index is -0.272. The van der Waals surface area contributed by atoms with Crippen LogP contribution in [0.5, 0.6) is 0 Å². The van der Waals surface area contributed by atoms with Gasteiger partial charge in [0.15, 0.2) is 0 Å². The van der Waals surface area contributed by atoms with E-state index in [0.29, 0.717) is 22.9 Å². The highest BCUT2D eigenvalue weighted by Crippen LogP contribution is 2.26. The van der Waals surface area contributed by atoms with Crippen LogP contribution >= 0.6 is 39.1 Å². The lowest BCUT2D eigenvalue weighted by Gasteiger charge is -2.15. The summed E-state index contributed by atoms with van der Waals surface area (Å²) >= 11 is 15.6. The molecule has 0 bridgehead atoms. The summed E-state index contributed by atoms with van der Waals surface area (Å²) in [7, 11) is 0. The maximum atomic E-state index is 13.2.